The number of halogens is 2. The van der Waals surface area contributed by atoms with Crippen molar-refractivity contribution >= 4 is 33.4 Å². The molecule has 0 atom stereocenters. The molecule has 0 bridgehead atoms. The fourth-order valence-electron chi connectivity index (χ4n) is 1.71. The normalized spacial score (nSPS) is 10.6. The third kappa shape index (κ3) is 5.19. The maximum atomic E-state index is 12.0. The molecule has 2 rings (SSSR count). The molecule has 0 saturated heterocycles. The van der Waals surface area contributed by atoms with E-state index in [4.69, 9.17) is 20.8 Å². The highest BCUT2D eigenvalue weighted by atomic mass is 79.9. The summed E-state index contributed by atoms with van der Waals surface area (Å²) < 4.78 is 11.3. The average Bonchev–Trinajstić information content (AvgIpc) is 2.95. The molecule has 1 aromatic heterocycles. The Hall–Kier alpha value is -1.30. The summed E-state index contributed by atoms with van der Waals surface area (Å²) in [5.74, 6) is 0.661. The molecular formula is C15H15BrClNO3. The van der Waals surface area contributed by atoms with Gasteiger partial charge in [0, 0.05) is 22.6 Å². The highest BCUT2D eigenvalue weighted by Crippen LogP contribution is 2.21. The lowest BCUT2D eigenvalue weighted by Gasteiger charge is -2.07. The van der Waals surface area contributed by atoms with Gasteiger partial charge in [-0.05, 0) is 52.7 Å². The molecule has 1 aromatic carbocycles. The van der Waals surface area contributed by atoms with Crippen LogP contribution >= 0.6 is 27.5 Å². The van der Waals surface area contributed by atoms with Gasteiger partial charge in [0.1, 0.15) is 12.4 Å². The van der Waals surface area contributed by atoms with E-state index in [9.17, 15) is 4.79 Å². The summed E-state index contributed by atoms with van der Waals surface area (Å²) in [5.41, 5.74) is 0.566. The van der Waals surface area contributed by atoms with Crippen LogP contribution < -0.4 is 5.32 Å². The Balaban J connectivity index is 1.65. The van der Waals surface area contributed by atoms with E-state index in [1.165, 1.54) is 0 Å². The van der Waals surface area contributed by atoms with E-state index in [1.54, 1.807) is 24.5 Å². The molecule has 6 heteroatoms. The minimum Gasteiger partial charge on any atom is -0.467 e. The lowest BCUT2D eigenvalue weighted by molar-refractivity contribution is 0.0916. The largest absolute Gasteiger partial charge is 0.467 e. The van der Waals surface area contributed by atoms with Crippen molar-refractivity contribution in [2.24, 2.45) is 0 Å². The SMILES string of the molecule is O=C(NCCCOCc1ccco1)c1ccc(Cl)cc1Br. The fourth-order valence-corrected chi connectivity index (χ4v) is 2.58. The minimum atomic E-state index is -0.135. The Morgan fingerprint density at radius 3 is 2.95 bits per heavy atom. The van der Waals surface area contributed by atoms with Crippen LogP contribution in [0.25, 0.3) is 0 Å². The Kier molecular flexibility index (Phi) is 6.29. The Labute approximate surface area is 136 Å². The van der Waals surface area contributed by atoms with Gasteiger partial charge < -0.3 is 14.5 Å². The monoisotopic (exact) mass is 371 g/mol. The van der Waals surface area contributed by atoms with Gasteiger partial charge in [-0.2, -0.15) is 0 Å². The van der Waals surface area contributed by atoms with Gasteiger partial charge >= 0.3 is 0 Å². The first-order chi connectivity index (χ1) is 10.2. The van der Waals surface area contributed by atoms with Crippen LogP contribution in [0.1, 0.15) is 22.5 Å². The molecule has 0 saturated carbocycles. The first kappa shape index (κ1) is 16.1. The van der Waals surface area contributed by atoms with Crippen LogP contribution in [-0.4, -0.2) is 19.1 Å². The summed E-state index contributed by atoms with van der Waals surface area (Å²) in [4.78, 5) is 12.0. The lowest BCUT2D eigenvalue weighted by Crippen LogP contribution is -2.25. The molecule has 0 fully saturated rings. The maximum Gasteiger partial charge on any atom is 0.252 e. The third-order valence-electron chi connectivity index (χ3n) is 2.75. The van der Waals surface area contributed by atoms with Gasteiger partial charge in [0.15, 0.2) is 0 Å². The number of benzene rings is 1. The van der Waals surface area contributed by atoms with Crippen LogP contribution in [0.3, 0.4) is 0 Å². The number of carbonyl (C=O) groups is 1. The number of amides is 1. The summed E-state index contributed by atoms with van der Waals surface area (Å²) in [5, 5.41) is 3.43. The fraction of sp³-hybridized carbons (Fsp3) is 0.267. The minimum absolute atomic E-state index is 0.135. The Morgan fingerprint density at radius 2 is 2.24 bits per heavy atom. The summed E-state index contributed by atoms with van der Waals surface area (Å²) in [6.45, 7) is 1.55. The number of nitrogens with one attached hydrogen (secondary N) is 1. The Morgan fingerprint density at radius 1 is 1.38 bits per heavy atom. The zero-order valence-corrected chi connectivity index (χ0v) is 13.6. The number of hydrogen-bond donors (Lipinski definition) is 1. The summed E-state index contributed by atoms with van der Waals surface area (Å²) >= 11 is 9.16. The molecule has 0 unspecified atom stereocenters. The zero-order chi connectivity index (χ0) is 15.1. The lowest BCUT2D eigenvalue weighted by atomic mass is 10.2. The van der Waals surface area contributed by atoms with Gasteiger partial charge in [0.05, 0.1) is 11.8 Å². The molecule has 0 spiro atoms. The van der Waals surface area contributed by atoms with Crippen LogP contribution in [0.15, 0.2) is 45.5 Å². The topological polar surface area (TPSA) is 51.5 Å². The van der Waals surface area contributed by atoms with Gasteiger partial charge in [0.2, 0.25) is 0 Å². The van der Waals surface area contributed by atoms with E-state index >= 15 is 0 Å². The smallest absolute Gasteiger partial charge is 0.252 e. The van der Waals surface area contributed by atoms with Gasteiger partial charge in [-0.25, -0.2) is 0 Å². The van der Waals surface area contributed by atoms with E-state index in [0.717, 1.165) is 12.2 Å². The molecule has 21 heavy (non-hydrogen) atoms. The van der Waals surface area contributed by atoms with Crippen molar-refractivity contribution in [2.45, 2.75) is 13.0 Å². The second kappa shape index (κ2) is 8.22. The zero-order valence-electron chi connectivity index (χ0n) is 11.3. The van der Waals surface area contributed by atoms with E-state index in [0.29, 0.717) is 34.8 Å². The molecular weight excluding hydrogens is 358 g/mol. The molecule has 1 heterocycles. The van der Waals surface area contributed by atoms with E-state index in [1.807, 2.05) is 12.1 Å². The van der Waals surface area contributed by atoms with E-state index in [-0.39, 0.29) is 5.91 Å². The molecule has 4 nitrogen and oxygen atoms in total. The van der Waals surface area contributed by atoms with Gasteiger partial charge in [0.25, 0.3) is 5.91 Å². The van der Waals surface area contributed by atoms with Crippen molar-refractivity contribution in [2.75, 3.05) is 13.2 Å². The molecule has 0 aliphatic heterocycles. The molecule has 0 aliphatic carbocycles. The predicted octanol–water partition coefficient (Wildman–Crippen LogP) is 4.03. The number of rotatable bonds is 7. The first-order valence-electron chi connectivity index (χ1n) is 6.50. The highest BCUT2D eigenvalue weighted by Gasteiger charge is 2.09. The van der Waals surface area contributed by atoms with Gasteiger partial charge in [-0.15, -0.1) is 0 Å². The third-order valence-corrected chi connectivity index (χ3v) is 3.64. The molecule has 0 aliphatic rings. The van der Waals surface area contributed by atoms with Crippen LogP contribution in [0.4, 0.5) is 0 Å². The highest BCUT2D eigenvalue weighted by molar-refractivity contribution is 9.10. The first-order valence-corrected chi connectivity index (χ1v) is 7.67. The quantitative estimate of drug-likeness (QED) is 0.747. The van der Waals surface area contributed by atoms with Gasteiger partial charge in [-0.3, -0.25) is 4.79 Å². The maximum absolute atomic E-state index is 12.0. The molecule has 2 aromatic rings. The van der Waals surface area contributed by atoms with Crippen molar-refractivity contribution in [3.63, 3.8) is 0 Å². The van der Waals surface area contributed by atoms with Crippen LogP contribution in [0, 0.1) is 0 Å². The average molecular weight is 373 g/mol. The van der Waals surface area contributed by atoms with Crippen molar-refractivity contribution < 1.29 is 13.9 Å². The van der Waals surface area contributed by atoms with Crippen molar-refractivity contribution in [3.05, 3.63) is 57.4 Å². The number of carbonyl (C=O) groups excluding carboxylic acids is 1. The van der Waals surface area contributed by atoms with Crippen molar-refractivity contribution in [1.82, 2.24) is 5.32 Å². The Bertz CT molecular complexity index is 587. The molecule has 0 radical (unpaired) electrons. The van der Waals surface area contributed by atoms with Gasteiger partial charge in [-0.1, -0.05) is 11.6 Å². The number of hydrogen-bond acceptors (Lipinski definition) is 3. The second-order valence-corrected chi connectivity index (χ2v) is 5.66. The summed E-state index contributed by atoms with van der Waals surface area (Å²) in [7, 11) is 0. The predicted molar refractivity (Wildman–Crippen MR) is 84.5 cm³/mol. The van der Waals surface area contributed by atoms with Crippen LogP contribution in [-0.2, 0) is 11.3 Å². The molecule has 112 valence electrons. The standard InChI is InChI=1S/C15H15BrClNO3/c16-14-9-11(17)4-5-13(14)15(19)18-6-2-7-20-10-12-3-1-8-21-12/h1,3-5,8-9H,2,6-7,10H2,(H,18,19). The van der Waals surface area contributed by atoms with Crippen molar-refractivity contribution in [3.8, 4) is 0 Å². The number of furan rings is 1. The molecule has 1 N–H and O–H groups in total. The summed E-state index contributed by atoms with van der Waals surface area (Å²) in [6, 6.07) is 8.76. The molecule has 1 amide bonds. The van der Waals surface area contributed by atoms with Crippen LogP contribution in [0.2, 0.25) is 5.02 Å². The number of ether oxygens (including phenoxy) is 1. The van der Waals surface area contributed by atoms with E-state index in [2.05, 4.69) is 21.2 Å². The van der Waals surface area contributed by atoms with Crippen LogP contribution in [0.5, 0.6) is 0 Å². The van der Waals surface area contributed by atoms with Crippen molar-refractivity contribution in [1.29, 1.82) is 0 Å². The second-order valence-electron chi connectivity index (χ2n) is 4.37. The summed E-state index contributed by atoms with van der Waals surface area (Å²) in [6.07, 6.45) is 2.35. The van der Waals surface area contributed by atoms with E-state index < -0.39 is 0 Å².